The molecule has 110 valence electrons. The Kier molecular flexibility index (Phi) is 4.16. The van der Waals surface area contributed by atoms with Crippen LogP contribution in [0.25, 0.3) is 0 Å². The van der Waals surface area contributed by atoms with Gasteiger partial charge in [0.2, 0.25) is 0 Å². The number of hydrogen-bond donors (Lipinski definition) is 1. The molecule has 0 aromatic carbocycles. The van der Waals surface area contributed by atoms with E-state index in [0.29, 0.717) is 12.2 Å². The molecular formula is C16H29NO2. The number of nitrogens with one attached hydrogen (secondary N) is 1. The second-order valence-electron chi connectivity index (χ2n) is 7.10. The summed E-state index contributed by atoms with van der Waals surface area (Å²) >= 11 is 0. The van der Waals surface area contributed by atoms with E-state index in [1.54, 1.807) is 0 Å². The van der Waals surface area contributed by atoms with Crippen molar-refractivity contribution >= 4 is 0 Å². The molecule has 0 amide bonds. The Labute approximate surface area is 117 Å². The molecule has 0 bridgehead atoms. The maximum Gasteiger partial charge on any atom is 0.0840 e. The molecule has 2 heterocycles. The molecule has 19 heavy (non-hydrogen) atoms. The number of rotatable bonds is 2. The second-order valence-corrected chi connectivity index (χ2v) is 7.10. The molecule has 4 unspecified atom stereocenters. The first kappa shape index (κ1) is 13.8. The molecule has 0 aromatic rings. The molecule has 3 rings (SSSR count). The van der Waals surface area contributed by atoms with E-state index in [0.717, 1.165) is 50.8 Å². The summed E-state index contributed by atoms with van der Waals surface area (Å²) in [5.41, 5.74) is 0.142. The lowest BCUT2D eigenvalue weighted by Crippen LogP contribution is -2.41. The highest BCUT2D eigenvalue weighted by Gasteiger charge is 2.42. The Bertz CT molecular complexity index is 301. The van der Waals surface area contributed by atoms with Crippen LogP contribution in [0.3, 0.4) is 0 Å². The van der Waals surface area contributed by atoms with Crippen LogP contribution in [-0.2, 0) is 9.47 Å². The zero-order valence-electron chi connectivity index (χ0n) is 12.5. The smallest absolute Gasteiger partial charge is 0.0840 e. The van der Waals surface area contributed by atoms with Gasteiger partial charge in [0.15, 0.2) is 0 Å². The van der Waals surface area contributed by atoms with E-state index in [4.69, 9.17) is 9.47 Å². The van der Waals surface area contributed by atoms with Crippen LogP contribution in [0, 0.1) is 11.8 Å². The SMILES string of the molecule is CC1CCC(OC2COC3(CCNCC3)C2)CC1C. The van der Waals surface area contributed by atoms with Crippen LogP contribution in [0.15, 0.2) is 0 Å². The van der Waals surface area contributed by atoms with Gasteiger partial charge in [-0.3, -0.25) is 0 Å². The molecule has 1 N–H and O–H groups in total. The fourth-order valence-corrected chi connectivity index (χ4v) is 4.01. The average Bonchev–Trinajstić information content (AvgIpc) is 2.78. The van der Waals surface area contributed by atoms with Crippen LogP contribution in [-0.4, -0.2) is 37.5 Å². The molecule has 0 aromatic heterocycles. The molecule has 3 nitrogen and oxygen atoms in total. The largest absolute Gasteiger partial charge is 0.372 e. The number of ether oxygens (including phenoxy) is 2. The third-order valence-corrected chi connectivity index (χ3v) is 5.62. The zero-order chi connectivity index (χ0) is 13.3. The Morgan fingerprint density at radius 2 is 1.84 bits per heavy atom. The van der Waals surface area contributed by atoms with Gasteiger partial charge in [0.1, 0.15) is 0 Å². The van der Waals surface area contributed by atoms with Gasteiger partial charge in [-0.2, -0.15) is 0 Å². The normalized spacial score (nSPS) is 42.6. The lowest BCUT2D eigenvalue weighted by molar-refractivity contribution is -0.0522. The van der Waals surface area contributed by atoms with Gasteiger partial charge < -0.3 is 14.8 Å². The first-order chi connectivity index (χ1) is 9.17. The molecule has 0 radical (unpaired) electrons. The summed E-state index contributed by atoms with van der Waals surface area (Å²) in [7, 11) is 0. The number of piperidine rings is 1. The minimum atomic E-state index is 0.142. The van der Waals surface area contributed by atoms with Crippen molar-refractivity contribution in [1.82, 2.24) is 5.32 Å². The van der Waals surface area contributed by atoms with E-state index in [1.165, 1.54) is 19.3 Å². The molecule has 2 saturated heterocycles. The molecule has 3 fully saturated rings. The maximum absolute atomic E-state index is 6.35. The van der Waals surface area contributed by atoms with E-state index < -0.39 is 0 Å². The topological polar surface area (TPSA) is 30.5 Å². The van der Waals surface area contributed by atoms with Gasteiger partial charge in [-0.05, 0) is 57.0 Å². The average molecular weight is 267 g/mol. The van der Waals surface area contributed by atoms with E-state index in [-0.39, 0.29) is 5.60 Å². The van der Waals surface area contributed by atoms with Gasteiger partial charge >= 0.3 is 0 Å². The summed E-state index contributed by atoms with van der Waals surface area (Å²) in [5, 5.41) is 3.42. The lowest BCUT2D eigenvalue weighted by atomic mass is 9.80. The molecule has 3 heteroatoms. The standard InChI is InChI=1S/C16H29NO2/c1-12-3-4-14(9-13(12)2)19-15-10-16(18-11-15)5-7-17-8-6-16/h12-15,17H,3-11H2,1-2H3. The van der Waals surface area contributed by atoms with Crippen molar-refractivity contribution in [3.63, 3.8) is 0 Å². The van der Waals surface area contributed by atoms with Crippen molar-refractivity contribution in [2.24, 2.45) is 11.8 Å². The highest BCUT2D eigenvalue weighted by molar-refractivity contribution is 4.94. The van der Waals surface area contributed by atoms with Gasteiger partial charge in [0.25, 0.3) is 0 Å². The second kappa shape index (κ2) is 5.71. The zero-order valence-corrected chi connectivity index (χ0v) is 12.5. The van der Waals surface area contributed by atoms with Crippen LogP contribution in [0.1, 0.15) is 52.4 Å². The predicted octanol–water partition coefficient (Wildman–Crippen LogP) is 2.74. The minimum Gasteiger partial charge on any atom is -0.372 e. The lowest BCUT2D eigenvalue weighted by Gasteiger charge is -2.34. The predicted molar refractivity (Wildman–Crippen MR) is 76.2 cm³/mol. The van der Waals surface area contributed by atoms with Crippen LogP contribution < -0.4 is 5.32 Å². The van der Waals surface area contributed by atoms with Crippen molar-refractivity contribution in [3.8, 4) is 0 Å². The summed E-state index contributed by atoms with van der Waals surface area (Å²) in [5.74, 6) is 1.68. The first-order valence-electron chi connectivity index (χ1n) is 8.17. The Hall–Kier alpha value is -0.120. The molecule has 1 aliphatic carbocycles. The Morgan fingerprint density at radius 3 is 2.58 bits per heavy atom. The summed E-state index contributed by atoms with van der Waals surface area (Å²) in [6, 6.07) is 0. The molecular weight excluding hydrogens is 238 g/mol. The fourth-order valence-electron chi connectivity index (χ4n) is 4.01. The van der Waals surface area contributed by atoms with Crippen LogP contribution in [0.4, 0.5) is 0 Å². The van der Waals surface area contributed by atoms with Crippen molar-refractivity contribution in [3.05, 3.63) is 0 Å². The molecule has 3 aliphatic rings. The third kappa shape index (κ3) is 3.14. The van der Waals surface area contributed by atoms with E-state index in [1.807, 2.05) is 0 Å². The van der Waals surface area contributed by atoms with Crippen molar-refractivity contribution in [1.29, 1.82) is 0 Å². The minimum absolute atomic E-state index is 0.142. The molecule has 1 spiro atoms. The van der Waals surface area contributed by atoms with Gasteiger partial charge in [-0.1, -0.05) is 13.8 Å². The van der Waals surface area contributed by atoms with Crippen LogP contribution in [0.2, 0.25) is 0 Å². The monoisotopic (exact) mass is 267 g/mol. The molecule has 2 aliphatic heterocycles. The summed E-state index contributed by atoms with van der Waals surface area (Å²) < 4.78 is 12.5. The molecule has 4 atom stereocenters. The summed E-state index contributed by atoms with van der Waals surface area (Å²) in [4.78, 5) is 0. The van der Waals surface area contributed by atoms with Gasteiger partial charge in [-0.15, -0.1) is 0 Å². The third-order valence-electron chi connectivity index (χ3n) is 5.62. The Balaban J connectivity index is 1.49. The quantitative estimate of drug-likeness (QED) is 0.834. The maximum atomic E-state index is 6.35. The highest BCUT2D eigenvalue weighted by Crippen LogP contribution is 2.38. The van der Waals surface area contributed by atoms with E-state index in [2.05, 4.69) is 19.2 Å². The van der Waals surface area contributed by atoms with Gasteiger partial charge in [-0.25, -0.2) is 0 Å². The number of hydrogen-bond acceptors (Lipinski definition) is 3. The van der Waals surface area contributed by atoms with Crippen molar-refractivity contribution in [2.75, 3.05) is 19.7 Å². The van der Waals surface area contributed by atoms with Crippen LogP contribution >= 0.6 is 0 Å². The van der Waals surface area contributed by atoms with E-state index >= 15 is 0 Å². The van der Waals surface area contributed by atoms with E-state index in [9.17, 15) is 0 Å². The Morgan fingerprint density at radius 1 is 1.05 bits per heavy atom. The highest BCUT2D eigenvalue weighted by atomic mass is 16.6. The first-order valence-corrected chi connectivity index (χ1v) is 8.17. The summed E-state index contributed by atoms with van der Waals surface area (Å²) in [6.45, 7) is 7.78. The fraction of sp³-hybridized carbons (Fsp3) is 1.00. The van der Waals surface area contributed by atoms with Gasteiger partial charge in [0.05, 0.1) is 24.4 Å². The van der Waals surface area contributed by atoms with Crippen LogP contribution in [0.5, 0.6) is 0 Å². The van der Waals surface area contributed by atoms with Crippen molar-refractivity contribution in [2.45, 2.75) is 70.2 Å². The molecule has 1 saturated carbocycles. The van der Waals surface area contributed by atoms with Crippen molar-refractivity contribution < 1.29 is 9.47 Å². The van der Waals surface area contributed by atoms with Gasteiger partial charge in [0, 0.05) is 6.42 Å². The summed E-state index contributed by atoms with van der Waals surface area (Å²) in [6.07, 6.45) is 8.09.